The molecule has 1 amide bonds. The van der Waals surface area contributed by atoms with Crippen LogP contribution in [0.3, 0.4) is 0 Å². The van der Waals surface area contributed by atoms with E-state index in [-0.39, 0.29) is 5.91 Å². The lowest BCUT2D eigenvalue weighted by Crippen LogP contribution is -2.40. The lowest BCUT2D eigenvalue weighted by atomic mass is 9.94. The van der Waals surface area contributed by atoms with Crippen molar-refractivity contribution in [3.63, 3.8) is 0 Å². The Morgan fingerprint density at radius 2 is 2.14 bits per heavy atom. The quantitative estimate of drug-likeness (QED) is 0.552. The topological polar surface area (TPSA) is 85.0 Å². The summed E-state index contributed by atoms with van der Waals surface area (Å²) in [5, 5.41) is 4.00. The highest BCUT2D eigenvalue weighted by atomic mass is 32.2. The molecule has 8 heteroatoms. The Balaban J connectivity index is 1.27. The minimum absolute atomic E-state index is 0.226. The lowest BCUT2D eigenvalue weighted by Gasteiger charge is -2.32. The van der Waals surface area contributed by atoms with Crippen molar-refractivity contribution in [2.75, 3.05) is 18.8 Å². The second-order valence-electron chi connectivity index (χ2n) is 7.07. The molecule has 4 rings (SSSR count). The summed E-state index contributed by atoms with van der Waals surface area (Å²) in [6.07, 6.45) is 8.13. The molecule has 0 N–H and O–H groups in total. The Kier molecular flexibility index (Phi) is 6.51. The monoisotopic (exact) mass is 409 g/mol. The molecule has 0 radical (unpaired) electrons. The smallest absolute Gasteiger partial charge is 0.227 e. The van der Waals surface area contributed by atoms with Crippen LogP contribution in [0.15, 0.2) is 58.3 Å². The van der Waals surface area contributed by atoms with Gasteiger partial charge in [0.15, 0.2) is 0 Å². The van der Waals surface area contributed by atoms with Gasteiger partial charge in [-0.05, 0) is 30.9 Å². The van der Waals surface area contributed by atoms with Crippen molar-refractivity contribution in [2.24, 2.45) is 5.92 Å². The predicted octanol–water partition coefficient (Wildman–Crippen LogP) is 3.49. The van der Waals surface area contributed by atoms with E-state index in [1.807, 2.05) is 23.1 Å². The predicted molar refractivity (Wildman–Crippen MR) is 110 cm³/mol. The number of amides is 1. The van der Waals surface area contributed by atoms with Gasteiger partial charge in [-0.1, -0.05) is 23.4 Å². The molecular weight excluding hydrogens is 386 g/mol. The Hall–Kier alpha value is -2.74. The second-order valence-corrected chi connectivity index (χ2v) is 8.23. The maximum Gasteiger partial charge on any atom is 0.227 e. The molecule has 1 atom stereocenters. The number of carbonyl (C=O) groups is 1. The van der Waals surface area contributed by atoms with Crippen LogP contribution in [-0.4, -0.2) is 49.8 Å². The SMILES string of the molecule is O=C(CCSc1ccccc1)N1CCCC(Cc2nc(-c3cnccn3)no2)C1. The van der Waals surface area contributed by atoms with Gasteiger partial charge in [0.05, 0.1) is 6.20 Å². The Labute approximate surface area is 173 Å². The maximum atomic E-state index is 12.6. The van der Waals surface area contributed by atoms with Gasteiger partial charge in [0.25, 0.3) is 0 Å². The van der Waals surface area contributed by atoms with Crippen LogP contribution in [0.2, 0.25) is 0 Å². The van der Waals surface area contributed by atoms with E-state index in [1.165, 1.54) is 4.90 Å². The molecule has 0 aliphatic carbocycles. The highest BCUT2D eigenvalue weighted by Crippen LogP contribution is 2.23. The largest absolute Gasteiger partial charge is 0.342 e. The van der Waals surface area contributed by atoms with Gasteiger partial charge < -0.3 is 9.42 Å². The first-order chi connectivity index (χ1) is 14.3. The van der Waals surface area contributed by atoms with Crippen LogP contribution in [-0.2, 0) is 11.2 Å². The van der Waals surface area contributed by atoms with Crippen molar-refractivity contribution in [3.05, 3.63) is 54.8 Å². The first-order valence-corrected chi connectivity index (χ1v) is 10.8. The number of benzene rings is 1. The number of aromatic nitrogens is 4. The normalized spacial score (nSPS) is 16.7. The van der Waals surface area contributed by atoms with Gasteiger partial charge in [-0.15, -0.1) is 11.8 Å². The van der Waals surface area contributed by atoms with Crippen LogP contribution >= 0.6 is 11.8 Å². The third-order valence-corrected chi connectivity index (χ3v) is 5.94. The zero-order valence-electron chi connectivity index (χ0n) is 16.1. The number of carbonyl (C=O) groups excluding carboxylic acids is 1. The van der Waals surface area contributed by atoms with Gasteiger partial charge >= 0.3 is 0 Å². The molecule has 1 saturated heterocycles. The molecule has 3 heterocycles. The number of piperidine rings is 1. The molecule has 7 nitrogen and oxygen atoms in total. The summed E-state index contributed by atoms with van der Waals surface area (Å²) < 4.78 is 5.40. The zero-order chi connectivity index (χ0) is 19.9. The summed E-state index contributed by atoms with van der Waals surface area (Å²) in [5.74, 6) is 2.41. The number of likely N-dealkylation sites (tertiary alicyclic amines) is 1. The summed E-state index contributed by atoms with van der Waals surface area (Å²) in [5.41, 5.74) is 0.596. The fourth-order valence-electron chi connectivity index (χ4n) is 3.49. The van der Waals surface area contributed by atoms with Crippen molar-refractivity contribution in [1.29, 1.82) is 0 Å². The van der Waals surface area contributed by atoms with Gasteiger partial charge in [-0.3, -0.25) is 9.78 Å². The molecule has 0 spiro atoms. The van der Waals surface area contributed by atoms with Crippen LogP contribution in [0.5, 0.6) is 0 Å². The van der Waals surface area contributed by atoms with Crippen molar-refractivity contribution < 1.29 is 9.32 Å². The lowest BCUT2D eigenvalue weighted by molar-refractivity contribution is -0.132. The standard InChI is InChI=1S/C21H23N5O2S/c27-20(8-12-29-17-6-2-1-3-7-17)26-11-4-5-16(15-26)13-19-24-21(25-28-19)18-14-22-9-10-23-18/h1-3,6-7,9-10,14,16H,4-5,8,11-13,15H2. The van der Waals surface area contributed by atoms with Crippen molar-refractivity contribution >= 4 is 17.7 Å². The van der Waals surface area contributed by atoms with Gasteiger partial charge in [-0.2, -0.15) is 4.98 Å². The summed E-state index contributed by atoms with van der Waals surface area (Å²) in [6, 6.07) is 10.2. The molecule has 1 aliphatic heterocycles. The van der Waals surface area contributed by atoms with E-state index >= 15 is 0 Å². The fraction of sp³-hybridized carbons (Fsp3) is 0.381. The molecule has 3 aromatic rings. The third-order valence-electron chi connectivity index (χ3n) is 4.92. The summed E-state index contributed by atoms with van der Waals surface area (Å²) >= 11 is 1.73. The molecular formula is C21H23N5O2S. The van der Waals surface area contributed by atoms with Gasteiger partial charge in [-0.25, -0.2) is 4.98 Å². The van der Waals surface area contributed by atoms with Crippen LogP contribution in [0, 0.1) is 5.92 Å². The molecule has 2 aromatic heterocycles. The van der Waals surface area contributed by atoms with E-state index in [0.29, 0.717) is 36.2 Å². The minimum Gasteiger partial charge on any atom is -0.342 e. The molecule has 150 valence electrons. The van der Waals surface area contributed by atoms with E-state index in [0.717, 1.165) is 31.7 Å². The van der Waals surface area contributed by atoms with Crippen LogP contribution in [0.1, 0.15) is 25.2 Å². The molecule has 29 heavy (non-hydrogen) atoms. The maximum absolute atomic E-state index is 12.6. The second kappa shape index (κ2) is 9.65. The molecule has 1 aliphatic rings. The third kappa shape index (κ3) is 5.41. The summed E-state index contributed by atoms with van der Waals surface area (Å²) in [4.78, 5) is 28.5. The van der Waals surface area contributed by atoms with Crippen LogP contribution < -0.4 is 0 Å². The Morgan fingerprint density at radius 3 is 2.97 bits per heavy atom. The van der Waals surface area contributed by atoms with Crippen molar-refractivity contribution in [2.45, 2.75) is 30.6 Å². The highest BCUT2D eigenvalue weighted by molar-refractivity contribution is 7.99. The van der Waals surface area contributed by atoms with E-state index in [2.05, 4.69) is 32.2 Å². The Morgan fingerprint density at radius 1 is 1.24 bits per heavy atom. The number of thioether (sulfide) groups is 1. The van der Waals surface area contributed by atoms with Gasteiger partial charge in [0.2, 0.25) is 17.6 Å². The Bertz CT molecular complexity index is 919. The van der Waals surface area contributed by atoms with E-state index in [1.54, 1.807) is 30.4 Å². The number of hydrogen-bond acceptors (Lipinski definition) is 7. The molecule has 1 unspecified atom stereocenters. The van der Waals surface area contributed by atoms with Crippen molar-refractivity contribution in [3.8, 4) is 11.5 Å². The number of nitrogens with zero attached hydrogens (tertiary/aromatic N) is 5. The van der Waals surface area contributed by atoms with E-state index in [9.17, 15) is 4.79 Å². The fourth-order valence-corrected chi connectivity index (χ4v) is 4.35. The average Bonchev–Trinajstić information content (AvgIpc) is 3.24. The van der Waals surface area contributed by atoms with Crippen LogP contribution in [0.4, 0.5) is 0 Å². The number of rotatable bonds is 7. The van der Waals surface area contributed by atoms with E-state index < -0.39 is 0 Å². The first kappa shape index (κ1) is 19.6. The molecule has 1 fully saturated rings. The average molecular weight is 410 g/mol. The molecule has 0 saturated carbocycles. The number of hydrogen-bond donors (Lipinski definition) is 0. The van der Waals surface area contributed by atoms with Crippen LogP contribution in [0.25, 0.3) is 11.5 Å². The molecule has 0 bridgehead atoms. The van der Waals surface area contributed by atoms with Gasteiger partial charge in [0.1, 0.15) is 5.69 Å². The van der Waals surface area contributed by atoms with Crippen molar-refractivity contribution in [1.82, 2.24) is 25.0 Å². The molecule has 1 aromatic carbocycles. The zero-order valence-corrected chi connectivity index (χ0v) is 16.9. The van der Waals surface area contributed by atoms with E-state index in [4.69, 9.17) is 4.52 Å². The summed E-state index contributed by atoms with van der Waals surface area (Å²) in [7, 11) is 0. The summed E-state index contributed by atoms with van der Waals surface area (Å²) in [6.45, 7) is 1.58. The first-order valence-electron chi connectivity index (χ1n) is 9.82. The van der Waals surface area contributed by atoms with Gasteiger partial charge in [0, 0.05) is 49.0 Å². The minimum atomic E-state index is 0.226. The highest BCUT2D eigenvalue weighted by Gasteiger charge is 2.25.